The quantitative estimate of drug-likeness (QED) is 0.443. The smallest absolute Gasteiger partial charge is 0.308 e. The first-order valence-corrected chi connectivity index (χ1v) is 7.80. The van der Waals surface area contributed by atoms with E-state index in [1.54, 1.807) is 18.2 Å². The van der Waals surface area contributed by atoms with Crippen LogP contribution in [0.15, 0.2) is 48.5 Å². The van der Waals surface area contributed by atoms with Crippen molar-refractivity contribution in [3.63, 3.8) is 0 Å². The summed E-state index contributed by atoms with van der Waals surface area (Å²) in [5, 5.41) is 0. The van der Waals surface area contributed by atoms with Crippen molar-refractivity contribution >= 4 is 5.97 Å². The van der Waals surface area contributed by atoms with Gasteiger partial charge in [-0.15, -0.1) is 0 Å². The van der Waals surface area contributed by atoms with Crippen molar-refractivity contribution in [2.24, 2.45) is 0 Å². The average Bonchev–Trinajstić information content (AvgIpc) is 3.31. The number of hydrogen-bond donors (Lipinski definition) is 0. The van der Waals surface area contributed by atoms with Crippen LogP contribution in [0.5, 0.6) is 17.2 Å². The van der Waals surface area contributed by atoms with Crippen molar-refractivity contribution in [3.8, 4) is 17.2 Å². The third kappa shape index (κ3) is 4.49. The standard InChI is InChI=1S/C19H20O5/c1-14(20)24-17-9-8-16(21-11-15-6-4-3-5-7-15)10-18(17)22-12-19(2)13-23-19/h3-10H,11-13H2,1-2H3. The normalized spacial score (nSPS) is 18.8. The number of benzene rings is 2. The van der Waals surface area contributed by atoms with Gasteiger partial charge in [-0.3, -0.25) is 4.79 Å². The number of hydrogen-bond acceptors (Lipinski definition) is 5. The molecule has 5 heteroatoms. The molecule has 2 aromatic carbocycles. The van der Waals surface area contributed by atoms with Gasteiger partial charge < -0.3 is 18.9 Å². The Morgan fingerprint density at radius 2 is 1.88 bits per heavy atom. The molecule has 1 aliphatic heterocycles. The molecule has 1 aliphatic rings. The molecule has 3 rings (SSSR count). The minimum Gasteiger partial charge on any atom is -0.489 e. The molecule has 5 nitrogen and oxygen atoms in total. The zero-order valence-corrected chi connectivity index (χ0v) is 13.8. The third-order valence-corrected chi connectivity index (χ3v) is 3.59. The van der Waals surface area contributed by atoms with E-state index in [9.17, 15) is 4.79 Å². The second-order valence-corrected chi connectivity index (χ2v) is 6.00. The van der Waals surface area contributed by atoms with E-state index in [1.807, 2.05) is 37.3 Å². The van der Waals surface area contributed by atoms with Crippen LogP contribution in [0.3, 0.4) is 0 Å². The van der Waals surface area contributed by atoms with Crippen LogP contribution in [-0.2, 0) is 16.1 Å². The number of esters is 1. The average molecular weight is 328 g/mol. The van der Waals surface area contributed by atoms with E-state index in [2.05, 4.69) is 0 Å². The summed E-state index contributed by atoms with van der Waals surface area (Å²) in [4.78, 5) is 11.2. The van der Waals surface area contributed by atoms with Crippen molar-refractivity contribution in [2.45, 2.75) is 26.1 Å². The van der Waals surface area contributed by atoms with E-state index in [0.29, 0.717) is 37.1 Å². The second-order valence-electron chi connectivity index (χ2n) is 6.00. The van der Waals surface area contributed by atoms with E-state index in [-0.39, 0.29) is 5.60 Å². The maximum Gasteiger partial charge on any atom is 0.308 e. The molecule has 0 N–H and O–H groups in total. The Bertz CT molecular complexity index is 707. The molecule has 0 aromatic heterocycles. The first-order valence-electron chi connectivity index (χ1n) is 7.80. The van der Waals surface area contributed by atoms with E-state index >= 15 is 0 Å². The molecule has 1 unspecified atom stereocenters. The van der Waals surface area contributed by atoms with Gasteiger partial charge in [0.1, 0.15) is 24.6 Å². The molecule has 1 fully saturated rings. The summed E-state index contributed by atoms with van der Waals surface area (Å²) >= 11 is 0. The fourth-order valence-electron chi connectivity index (χ4n) is 2.11. The highest BCUT2D eigenvalue weighted by Gasteiger charge is 2.40. The Morgan fingerprint density at radius 1 is 1.12 bits per heavy atom. The first kappa shape index (κ1) is 16.3. The molecule has 1 saturated heterocycles. The lowest BCUT2D eigenvalue weighted by Gasteiger charge is -2.14. The van der Waals surface area contributed by atoms with Crippen LogP contribution in [-0.4, -0.2) is 24.8 Å². The highest BCUT2D eigenvalue weighted by atomic mass is 16.6. The van der Waals surface area contributed by atoms with Crippen LogP contribution in [0.25, 0.3) is 0 Å². The molecule has 2 aromatic rings. The van der Waals surface area contributed by atoms with E-state index < -0.39 is 5.97 Å². The molecule has 0 spiro atoms. The van der Waals surface area contributed by atoms with Gasteiger partial charge in [-0.1, -0.05) is 30.3 Å². The minimum absolute atomic E-state index is 0.256. The number of ether oxygens (including phenoxy) is 4. The molecule has 0 aliphatic carbocycles. The summed E-state index contributed by atoms with van der Waals surface area (Å²) in [6.07, 6.45) is 0. The largest absolute Gasteiger partial charge is 0.489 e. The van der Waals surface area contributed by atoms with Crippen LogP contribution in [0.4, 0.5) is 0 Å². The Morgan fingerprint density at radius 3 is 2.54 bits per heavy atom. The van der Waals surface area contributed by atoms with Crippen LogP contribution in [0, 0.1) is 0 Å². The molecular weight excluding hydrogens is 308 g/mol. The highest BCUT2D eigenvalue weighted by molar-refractivity contribution is 5.70. The monoisotopic (exact) mass is 328 g/mol. The molecule has 0 saturated carbocycles. The van der Waals surface area contributed by atoms with Gasteiger partial charge in [0.05, 0.1) is 6.61 Å². The molecule has 0 bridgehead atoms. The Hall–Kier alpha value is -2.53. The van der Waals surface area contributed by atoms with Gasteiger partial charge in [-0.05, 0) is 24.6 Å². The Balaban J connectivity index is 1.71. The molecule has 24 heavy (non-hydrogen) atoms. The fourth-order valence-corrected chi connectivity index (χ4v) is 2.11. The maximum absolute atomic E-state index is 11.2. The lowest BCUT2D eigenvalue weighted by molar-refractivity contribution is -0.132. The molecule has 1 atom stereocenters. The predicted octanol–water partition coefficient (Wildman–Crippen LogP) is 3.36. The molecular formula is C19H20O5. The summed E-state index contributed by atoms with van der Waals surface area (Å²) in [6, 6.07) is 15.0. The van der Waals surface area contributed by atoms with Crippen LogP contribution in [0.2, 0.25) is 0 Å². The van der Waals surface area contributed by atoms with Crippen LogP contribution < -0.4 is 14.2 Å². The van der Waals surface area contributed by atoms with Gasteiger partial charge in [-0.25, -0.2) is 0 Å². The van der Waals surface area contributed by atoms with Gasteiger partial charge in [-0.2, -0.15) is 0 Å². The van der Waals surface area contributed by atoms with Gasteiger partial charge >= 0.3 is 5.97 Å². The van der Waals surface area contributed by atoms with Gasteiger partial charge in [0.15, 0.2) is 11.5 Å². The number of rotatable bonds is 7. The Kier molecular flexibility index (Phi) is 4.71. The van der Waals surface area contributed by atoms with E-state index in [4.69, 9.17) is 18.9 Å². The highest BCUT2D eigenvalue weighted by Crippen LogP contribution is 2.34. The van der Waals surface area contributed by atoms with Gasteiger partial charge in [0.2, 0.25) is 0 Å². The summed E-state index contributed by atoms with van der Waals surface area (Å²) in [6.45, 7) is 4.83. The molecule has 0 amide bonds. The summed E-state index contributed by atoms with van der Waals surface area (Å²) in [7, 11) is 0. The minimum atomic E-state index is -0.397. The SMILES string of the molecule is CC(=O)Oc1ccc(OCc2ccccc2)cc1OCC1(C)CO1. The maximum atomic E-state index is 11.2. The lowest BCUT2D eigenvalue weighted by atomic mass is 10.2. The topological polar surface area (TPSA) is 57.3 Å². The van der Waals surface area contributed by atoms with Crippen molar-refractivity contribution in [1.29, 1.82) is 0 Å². The zero-order chi connectivity index (χ0) is 17.0. The van der Waals surface area contributed by atoms with Crippen LogP contribution in [0.1, 0.15) is 19.4 Å². The van der Waals surface area contributed by atoms with Crippen molar-refractivity contribution in [1.82, 2.24) is 0 Å². The molecule has 0 radical (unpaired) electrons. The molecule has 1 heterocycles. The third-order valence-electron chi connectivity index (χ3n) is 3.59. The van der Waals surface area contributed by atoms with E-state index in [1.165, 1.54) is 6.92 Å². The lowest BCUT2D eigenvalue weighted by Crippen LogP contribution is -2.17. The Labute approximate surface area is 141 Å². The number of epoxide rings is 1. The number of carbonyl (C=O) groups excluding carboxylic acids is 1. The van der Waals surface area contributed by atoms with E-state index in [0.717, 1.165) is 5.56 Å². The van der Waals surface area contributed by atoms with Crippen molar-refractivity contribution in [2.75, 3.05) is 13.2 Å². The summed E-state index contributed by atoms with van der Waals surface area (Å²) < 4.78 is 22.1. The summed E-state index contributed by atoms with van der Waals surface area (Å²) in [5.74, 6) is 1.09. The zero-order valence-electron chi connectivity index (χ0n) is 13.8. The van der Waals surface area contributed by atoms with Crippen LogP contribution >= 0.6 is 0 Å². The molecule has 126 valence electrons. The van der Waals surface area contributed by atoms with Crippen molar-refractivity contribution < 1.29 is 23.7 Å². The van der Waals surface area contributed by atoms with Gasteiger partial charge in [0.25, 0.3) is 0 Å². The van der Waals surface area contributed by atoms with Gasteiger partial charge in [0, 0.05) is 13.0 Å². The predicted molar refractivity (Wildman–Crippen MR) is 88.4 cm³/mol. The number of carbonyl (C=O) groups is 1. The van der Waals surface area contributed by atoms with Crippen molar-refractivity contribution in [3.05, 3.63) is 54.1 Å². The summed E-state index contributed by atoms with van der Waals surface area (Å²) in [5.41, 5.74) is 0.817. The fraction of sp³-hybridized carbons (Fsp3) is 0.316. The second kappa shape index (κ2) is 6.93. The first-order chi connectivity index (χ1) is 11.5.